The number of carbonyl (C=O) groups is 2. The van der Waals surface area contributed by atoms with Crippen LogP contribution in [0.3, 0.4) is 0 Å². The maximum absolute atomic E-state index is 13.6. The fraction of sp³-hybridized carbons (Fsp3) is 0.565. The van der Waals surface area contributed by atoms with Crippen molar-refractivity contribution in [1.29, 1.82) is 0 Å². The van der Waals surface area contributed by atoms with Crippen LogP contribution in [0.4, 0.5) is 30.7 Å². The highest BCUT2D eigenvalue weighted by molar-refractivity contribution is 7.17. The quantitative estimate of drug-likeness (QED) is 0.443. The topological polar surface area (TPSA) is 116 Å². The average molecular weight is 587 g/mol. The summed E-state index contributed by atoms with van der Waals surface area (Å²) in [5, 5.41) is 21.7. The molecule has 39 heavy (non-hydrogen) atoms. The number of hydrogen-bond acceptors (Lipinski definition) is 7. The second kappa shape index (κ2) is 10.6. The Bertz CT molecular complexity index is 1220. The first-order valence-corrected chi connectivity index (χ1v) is 12.4. The third-order valence-electron chi connectivity index (χ3n) is 5.96. The van der Waals surface area contributed by atoms with E-state index in [2.05, 4.69) is 15.3 Å². The zero-order valence-electron chi connectivity index (χ0n) is 20.9. The molecule has 1 fully saturated rings. The number of amides is 2. The fourth-order valence-corrected chi connectivity index (χ4v) is 4.81. The largest absolute Gasteiger partial charge is 0.432 e. The molecule has 8 nitrogen and oxygen atoms in total. The third-order valence-corrected chi connectivity index (χ3v) is 7.05. The fourth-order valence-electron chi connectivity index (χ4n) is 3.76. The number of aryl methyl sites for hydroxylation is 1. The SMILES string of the molecule is Cc1cc(C(O)(C(F)(F)F)C(F)(F)F)ncc1-c1sc(C(=O)NCC(C)(C)O)nc1C(=O)N1CCC(F)CC1. The summed E-state index contributed by atoms with van der Waals surface area (Å²) >= 11 is 0.629. The minimum absolute atomic E-state index is 0.0254. The number of pyridine rings is 1. The Morgan fingerprint density at radius 1 is 1.10 bits per heavy atom. The summed E-state index contributed by atoms with van der Waals surface area (Å²) in [6.45, 7) is 3.84. The maximum atomic E-state index is 13.6. The summed E-state index contributed by atoms with van der Waals surface area (Å²) in [5.74, 6) is -1.52. The number of hydrogen-bond donors (Lipinski definition) is 3. The molecule has 3 N–H and O–H groups in total. The van der Waals surface area contributed by atoms with Crippen LogP contribution in [0.25, 0.3) is 10.4 Å². The Morgan fingerprint density at radius 3 is 2.15 bits per heavy atom. The van der Waals surface area contributed by atoms with E-state index < -0.39 is 47.2 Å². The van der Waals surface area contributed by atoms with Crippen molar-refractivity contribution in [1.82, 2.24) is 20.2 Å². The smallest absolute Gasteiger partial charge is 0.389 e. The summed E-state index contributed by atoms with van der Waals surface area (Å²) in [4.78, 5) is 34.5. The third kappa shape index (κ3) is 6.32. The van der Waals surface area contributed by atoms with Crippen LogP contribution in [0.15, 0.2) is 12.3 Å². The predicted molar refractivity (Wildman–Crippen MR) is 125 cm³/mol. The molecule has 0 radical (unpaired) electrons. The van der Waals surface area contributed by atoms with Gasteiger partial charge in [0, 0.05) is 31.4 Å². The molecule has 0 saturated carbocycles. The van der Waals surface area contributed by atoms with E-state index in [1.54, 1.807) is 0 Å². The van der Waals surface area contributed by atoms with Crippen molar-refractivity contribution < 1.29 is 50.5 Å². The van der Waals surface area contributed by atoms with Crippen molar-refractivity contribution in [2.45, 2.75) is 63.3 Å². The van der Waals surface area contributed by atoms with Gasteiger partial charge in [-0.1, -0.05) is 0 Å². The zero-order valence-corrected chi connectivity index (χ0v) is 21.7. The van der Waals surface area contributed by atoms with Gasteiger partial charge < -0.3 is 20.4 Å². The first kappa shape index (κ1) is 30.7. The van der Waals surface area contributed by atoms with Crippen LogP contribution in [-0.4, -0.2) is 80.7 Å². The normalized spacial score (nSPS) is 15.9. The van der Waals surface area contributed by atoms with Gasteiger partial charge in [-0.15, -0.1) is 11.3 Å². The second-order valence-corrected chi connectivity index (χ2v) is 10.7. The number of thiazole rings is 1. The van der Waals surface area contributed by atoms with Crippen molar-refractivity contribution in [3.63, 3.8) is 0 Å². The second-order valence-electron chi connectivity index (χ2n) is 9.75. The van der Waals surface area contributed by atoms with Gasteiger partial charge in [0.1, 0.15) is 11.9 Å². The lowest BCUT2D eigenvalue weighted by Crippen LogP contribution is -2.54. The van der Waals surface area contributed by atoms with E-state index in [1.165, 1.54) is 18.7 Å². The lowest BCUT2D eigenvalue weighted by atomic mass is 9.95. The van der Waals surface area contributed by atoms with Crippen LogP contribution in [0.2, 0.25) is 0 Å². The van der Waals surface area contributed by atoms with Crippen molar-refractivity contribution in [2.75, 3.05) is 19.6 Å². The molecule has 0 atom stereocenters. The Labute approximate surface area is 221 Å². The highest BCUT2D eigenvalue weighted by Gasteiger charge is 2.72. The van der Waals surface area contributed by atoms with E-state index in [-0.39, 0.29) is 59.2 Å². The van der Waals surface area contributed by atoms with Gasteiger partial charge in [-0.2, -0.15) is 26.3 Å². The molecule has 0 spiro atoms. The standard InChI is InChI=1S/C23H25F7N4O4S/c1-11-8-14(21(38,22(25,26)27)23(28,29)30)31-9-13(11)16-15(19(36)34-6-4-12(24)5-7-34)33-18(39-16)17(35)32-10-20(2,3)37/h8-9,12,37-38H,4-7,10H2,1-3H3,(H,32,35). The Hall–Kier alpha value is -2.85. The van der Waals surface area contributed by atoms with Crippen molar-refractivity contribution in [2.24, 2.45) is 0 Å². The van der Waals surface area contributed by atoms with Gasteiger partial charge >= 0.3 is 12.4 Å². The molecular formula is C23H25F7N4O4S. The van der Waals surface area contributed by atoms with Crippen molar-refractivity contribution >= 4 is 23.2 Å². The van der Waals surface area contributed by atoms with Crippen LogP contribution >= 0.6 is 11.3 Å². The number of alkyl halides is 7. The van der Waals surface area contributed by atoms with Crippen molar-refractivity contribution in [3.8, 4) is 10.4 Å². The number of nitrogens with one attached hydrogen (secondary N) is 1. The first-order valence-electron chi connectivity index (χ1n) is 11.5. The first-order chi connectivity index (χ1) is 17.8. The number of aromatic nitrogens is 2. The lowest BCUT2D eigenvalue weighted by Gasteiger charge is -2.32. The van der Waals surface area contributed by atoms with Crippen LogP contribution in [0.1, 0.15) is 58.2 Å². The van der Waals surface area contributed by atoms with Gasteiger partial charge in [-0.25, -0.2) is 9.37 Å². The minimum Gasteiger partial charge on any atom is -0.389 e. The van der Waals surface area contributed by atoms with Gasteiger partial charge in [0.2, 0.25) is 0 Å². The number of piperidine rings is 1. The van der Waals surface area contributed by atoms with E-state index in [9.17, 15) is 50.5 Å². The maximum Gasteiger partial charge on any atom is 0.432 e. The molecule has 16 heteroatoms. The van der Waals surface area contributed by atoms with Crippen LogP contribution in [0, 0.1) is 6.92 Å². The van der Waals surface area contributed by atoms with Gasteiger partial charge in [-0.05, 0) is 45.2 Å². The average Bonchev–Trinajstić information content (AvgIpc) is 3.25. The van der Waals surface area contributed by atoms with Gasteiger partial charge in [0.15, 0.2) is 5.01 Å². The van der Waals surface area contributed by atoms with Crippen LogP contribution < -0.4 is 5.32 Å². The minimum atomic E-state index is -6.15. The molecular weight excluding hydrogens is 561 g/mol. The highest BCUT2D eigenvalue weighted by Crippen LogP contribution is 2.50. The molecule has 2 aromatic heterocycles. The number of carbonyl (C=O) groups excluding carboxylic acids is 2. The number of rotatable bonds is 6. The Balaban J connectivity index is 2.10. The molecule has 2 amide bonds. The molecule has 3 rings (SSSR count). The van der Waals surface area contributed by atoms with Crippen LogP contribution in [0.5, 0.6) is 0 Å². The molecule has 2 aromatic rings. The van der Waals surface area contributed by atoms with Gasteiger partial charge in [0.05, 0.1) is 16.2 Å². The molecule has 1 saturated heterocycles. The van der Waals surface area contributed by atoms with E-state index >= 15 is 0 Å². The van der Waals surface area contributed by atoms with Gasteiger partial charge in [0.25, 0.3) is 17.4 Å². The number of aliphatic hydroxyl groups is 2. The number of halogens is 7. The predicted octanol–water partition coefficient (Wildman–Crippen LogP) is 3.90. The van der Waals surface area contributed by atoms with Gasteiger partial charge in [-0.3, -0.25) is 14.6 Å². The van der Waals surface area contributed by atoms with E-state index in [4.69, 9.17) is 0 Å². The molecule has 0 aromatic carbocycles. The number of likely N-dealkylation sites (tertiary alicyclic amines) is 1. The van der Waals surface area contributed by atoms with E-state index in [0.29, 0.717) is 23.6 Å². The molecule has 0 bridgehead atoms. The summed E-state index contributed by atoms with van der Waals surface area (Å²) in [6.07, 6.45) is -12.7. The number of nitrogens with zero attached hydrogens (tertiary/aromatic N) is 3. The summed E-state index contributed by atoms with van der Waals surface area (Å²) < 4.78 is 93.6. The Kier molecular flexibility index (Phi) is 8.35. The molecule has 1 aliphatic rings. The molecule has 0 unspecified atom stereocenters. The monoisotopic (exact) mass is 586 g/mol. The van der Waals surface area contributed by atoms with Crippen molar-refractivity contribution in [3.05, 3.63) is 34.2 Å². The lowest BCUT2D eigenvalue weighted by molar-refractivity contribution is -0.377. The Morgan fingerprint density at radius 2 is 1.67 bits per heavy atom. The summed E-state index contributed by atoms with van der Waals surface area (Å²) in [5.41, 5.74) is -8.94. The molecule has 216 valence electrons. The summed E-state index contributed by atoms with van der Waals surface area (Å²) in [6, 6.07) is 0.396. The summed E-state index contributed by atoms with van der Waals surface area (Å²) in [7, 11) is 0. The highest BCUT2D eigenvalue weighted by atomic mass is 32.1. The molecule has 1 aliphatic heterocycles. The van der Waals surface area contributed by atoms with E-state index in [0.717, 1.165) is 6.92 Å². The molecule has 3 heterocycles. The van der Waals surface area contributed by atoms with Crippen LogP contribution in [-0.2, 0) is 5.60 Å². The zero-order chi connectivity index (χ0) is 29.6. The molecule has 0 aliphatic carbocycles. The van der Waals surface area contributed by atoms with E-state index in [1.807, 2.05) is 0 Å².